The maximum Gasteiger partial charge on any atom is 0.128 e. The van der Waals surface area contributed by atoms with E-state index >= 15 is 0 Å². The van der Waals surface area contributed by atoms with Gasteiger partial charge in [0.25, 0.3) is 0 Å². The minimum absolute atomic E-state index is 0.109. The average molecular weight is 222 g/mol. The van der Waals surface area contributed by atoms with Gasteiger partial charge in [-0.05, 0) is 31.5 Å². The zero-order valence-corrected chi connectivity index (χ0v) is 9.96. The molecule has 1 heterocycles. The highest BCUT2D eigenvalue weighted by molar-refractivity contribution is 5.53. The van der Waals surface area contributed by atoms with Crippen LogP contribution >= 0.6 is 0 Å². The van der Waals surface area contributed by atoms with Crippen molar-refractivity contribution in [2.75, 3.05) is 31.1 Å². The van der Waals surface area contributed by atoms with Gasteiger partial charge in [0.15, 0.2) is 0 Å². The molecule has 0 radical (unpaired) electrons. The van der Waals surface area contributed by atoms with Crippen LogP contribution in [0.25, 0.3) is 0 Å². The van der Waals surface area contributed by atoms with Crippen molar-refractivity contribution in [1.29, 1.82) is 0 Å². The quantitative estimate of drug-likeness (QED) is 0.783. The molecule has 2 rings (SSSR count). The number of hydrogen-bond acceptors (Lipinski definition) is 2. The second-order valence-electron chi connectivity index (χ2n) is 4.64. The van der Waals surface area contributed by atoms with Crippen molar-refractivity contribution in [3.05, 3.63) is 29.6 Å². The second-order valence-corrected chi connectivity index (χ2v) is 4.64. The Labute approximate surface area is 96.5 Å². The molecular weight excluding hydrogens is 203 g/mol. The number of benzene rings is 1. The van der Waals surface area contributed by atoms with Gasteiger partial charge in [0, 0.05) is 30.9 Å². The molecule has 16 heavy (non-hydrogen) atoms. The Kier molecular flexibility index (Phi) is 3.44. The normalized spacial score (nSPS) is 21.9. The van der Waals surface area contributed by atoms with E-state index in [0.29, 0.717) is 5.92 Å². The molecule has 0 aromatic heterocycles. The monoisotopic (exact) mass is 222 g/mol. The van der Waals surface area contributed by atoms with E-state index in [9.17, 15) is 4.39 Å². The van der Waals surface area contributed by atoms with Crippen LogP contribution in [0.3, 0.4) is 0 Å². The molecule has 0 saturated carbocycles. The van der Waals surface area contributed by atoms with Crippen molar-refractivity contribution in [2.45, 2.75) is 13.8 Å². The third-order valence-corrected chi connectivity index (χ3v) is 3.16. The van der Waals surface area contributed by atoms with Crippen LogP contribution in [0.2, 0.25) is 0 Å². The van der Waals surface area contributed by atoms with Crippen molar-refractivity contribution in [2.24, 2.45) is 5.92 Å². The summed E-state index contributed by atoms with van der Waals surface area (Å²) in [7, 11) is 0. The van der Waals surface area contributed by atoms with Gasteiger partial charge in [-0.2, -0.15) is 0 Å². The molecule has 0 spiro atoms. The van der Waals surface area contributed by atoms with Gasteiger partial charge in [0.2, 0.25) is 0 Å². The summed E-state index contributed by atoms with van der Waals surface area (Å²) in [6.07, 6.45) is 0. The molecule has 1 N–H and O–H groups in total. The predicted molar refractivity (Wildman–Crippen MR) is 65.4 cm³/mol. The lowest BCUT2D eigenvalue weighted by Crippen LogP contribution is -2.30. The van der Waals surface area contributed by atoms with E-state index in [-0.39, 0.29) is 5.82 Å². The fourth-order valence-corrected chi connectivity index (χ4v) is 2.25. The predicted octanol–water partition coefficient (Wildman–Crippen LogP) is 2.18. The van der Waals surface area contributed by atoms with Gasteiger partial charge in [-0.25, -0.2) is 4.39 Å². The first-order valence-electron chi connectivity index (χ1n) is 5.89. The Morgan fingerprint density at radius 1 is 1.44 bits per heavy atom. The van der Waals surface area contributed by atoms with Gasteiger partial charge in [-0.15, -0.1) is 0 Å². The second kappa shape index (κ2) is 4.83. The average Bonchev–Trinajstić information content (AvgIpc) is 2.47. The number of rotatable bonds is 1. The first-order chi connectivity index (χ1) is 7.68. The van der Waals surface area contributed by atoms with Crippen molar-refractivity contribution < 1.29 is 4.39 Å². The Hall–Kier alpha value is -1.09. The van der Waals surface area contributed by atoms with Crippen LogP contribution < -0.4 is 10.2 Å². The molecule has 1 atom stereocenters. The van der Waals surface area contributed by atoms with Crippen molar-refractivity contribution in [3.8, 4) is 0 Å². The highest BCUT2D eigenvalue weighted by Gasteiger charge is 2.17. The molecule has 1 aromatic carbocycles. The molecular formula is C13H19FN2. The Balaban J connectivity index is 2.24. The number of nitrogens with zero attached hydrogens (tertiary/aromatic N) is 1. The number of anilines is 1. The topological polar surface area (TPSA) is 15.3 Å². The molecule has 88 valence electrons. The van der Waals surface area contributed by atoms with Crippen LogP contribution in [0.15, 0.2) is 18.2 Å². The largest absolute Gasteiger partial charge is 0.370 e. The number of nitrogens with one attached hydrogen (secondary N) is 1. The molecule has 1 aromatic rings. The summed E-state index contributed by atoms with van der Waals surface area (Å²) in [6.45, 7) is 8.05. The molecule has 3 heteroatoms. The summed E-state index contributed by atoms with van der Waals surface area (Å²) in [5.74, 6) is 0.493. The van der Waals surface area contributed by atoms with E-state index in [1.165, 1.54) is 6.07 Å². The zero-order valence-electron chi connectivity index (χ0n) is 9.96. The minimum atomic E-state index is -0.109. The van der Waals surface area contributed by atoms with E-state index in [0.717, 1.165) is 37.4 Å². The fourth-order valence-electron chi connectivity index (χ4n) is 2.25. The number of hydrogen-bond donors (Lipinski definition) is 1. The lowest BCUT2D eigenvalue weighted by molar-refractivity contribution is 0.562. The maximum absolute atomic E-state index is 13.5. The van der Waals surface area contributed by atoms with E-state index in [1.807, 2.05) is 13.0 Å². The van der Waals surface area contributed by atoms with Crippen LogP contribution in [0, 0.1) is 18.7 Å². The molecule has 1 fully saturated rings. The molecule has 0 aliphatic carbocycles. The molecule has 1 aliphatic heterocycles. The van der Waals surface area contributed by atoms with Crippen molar-refractivity contribution in [3.63, 3.8) is 0 Å². The van der Waals surface area contributed by atoms with Crippen LogP contribution in [0.4, 0.5) is 10.1 Å². The molecule has 2 nitrogen and oxygen atoms in total. The first-order valence-corrected chi connectivity index (χ1v) is 5.89. The summed E-state index contributed by atoms with van der Waals surface area (Å²) in [6, 6.07) is 5.33. The van der Waals surface area contributed by atoms with E-state index < -0.39 is 0 Å². The highest BCUT2D eigenvalue weighted by atomic mass is 19.1. The summed E-state index contributed by atoms with van der Waals surface area (Å²) >= 11 is 0. The molecule has 1 aliphatic rings. The van der Waals surface area contributed by atoms with Gasteiger partial charge in [-0.1, -0.05) is 13.0 Å². The molecule has 1 unspecified atom stereocenters. The number of halogens is 1. The summed E-state index contributed by atoms with van der Waals surface area (Å²) in [4.78, 5) is 2.28. The van der Waals surface area contributed by atoms with Crippen LogP contribution in [-0.4, -0.2) is 26.2 Å². The van der Waals surface area contributed by atoms with Crippen molar-refractivity contribution in [1.82, 2.24) is 5.32 Å². The summed E-state index contributed by atoms with van der Waals surface area (Å²) in [5.41, 5.74) is 1.80. The Morgan fingerprint density at radius 2 is 2.25 bits per heavy atom. The minimum Gasteiger partial charge on any atom is -0.370 e. The van der Waals surface area contributed by atoms with Crippen molar-refractivity contribution >= 4 is 5.69 Å². The lowest BCUT2D eigenvalue weighted by Gasteiger charge is -2.26. The van der Waals surface area contributed by atoms with E-state index in [2.05, 4.69) is 17.1 Å². The van der Waals surface area contributed by atoms with Gasteiger partial charge in [-0.3, -0.25) is 0 Å². The van der Waals surface area contributed by atoms with Gasteiger partial charge in [0.1, 0.15) is 5.82 Å². The molecule has 1 saturated heterocycles. The summed E-state index contributed by atoms with van der Waals surface area (Å²) < 4.78 is 13.5. The van der Waals surface area contributed by atoms with E-state index in [1.54, 1.807) is 6.07 Å². The van der Waals surface area contributed by atoms with Gasteiger partial charge < -0.3 is 10.2 Å². The van der Waals surface area contributed by atoms with Gasteiger partial charge >= 0.3 is 0 Å². The van der Waals surface area contributed by atoms with Crippen LogP contribution in [0.1, 0.15) is 12.5 Å². The standard InChI is InChI=1S/C13H19FN2/c1-10-8-15-6-7-16(9-10)13-5-3-4-12(14)11(13)2/h3-5,10,15H,6-9H2,1-2H3. The third kappa shape index (κ3) is 2.35. The Bertz CT molecular complexity index is 365. The molecule has 0 amide bonds. The van der Waals surface area contributed by atoms with Crippen LogP contribution in [0.5, 0.6) is 0 Å². The highest BCUT2D eigenvalue weighted by Crippen LogP contribution is 2.23. The smallest absolute Gasteiger partial charge is 0.128 e. The van der Waals surface area contributed by atoms with Gasteiger partial charge in [0.05, 0.1) is 0 Å². The first kappa shape index (κ1) is 11.4. The van der Waals surface area contributed by atoms with E-state index in [4.69, 9.17) is 0 Å². The van der Waals surface area contributed by atoms with Crippen LogP contribution in [-0.2, 0) is 0 Å². The SMILES string of the molecule is Cc1c(F)cccc1N1CCNCC(C)C1. The third-order valence-electron chi connectivity index (χ3n) is 3.16. The molecule has 0 bridgehead atoms. The maximum atomic E-state index is 13.5. The fraction of sp³-hybridized carbons (Fsp3) is 0.538. The lowest BCUT2D eigenvalue weighted by atomic mass is 10.1. The summed E-state index contributed by atoms with van der Waals surface area (Å²) in [5, 5.41) is 3.40. The Morgan fingerprint density at radius 3 is 3.06 bits per heavy atom. The zero-order chi connectivity index (χ0) is 11.5.